The molecule has 0 radical (unpaired) electrons. The Labute approximate surface area is 153 Å². The molecule has 0 heterocycles. The molecule has 0 fully saturated rings. The summed E-state index contributed by atoms with van der Waals surface area (Å²) in [5, 5.41) is 6.00. The number of anilines is 1. The van der Waals surface area contributed by atoms with E-state index in [0.717, 1.165) is 11.3 Å². The first-order valence-electron chi connectivity index (χ1n) is 7.48. The molecule has 2 N–H and O–H groups in total. The van der Waals surface area contributed by atoms with Gasteiger partial charge in [0.1, 0.15) is 0 Å². The van der Waals surface area contributed by atoms with Crippen LogP contribution < -0.4 is 24.8 Å². The van der Waals surface area contributed by atoms with Gasteiger partial charge < -0.3 is 24.8 Å². The highest BCUT2D eigenvalue weighted by Crippen LogP contribution is 2.38. The van der Waals surface area contributed by atoms with Crippen LogP contribution >= 0.6 is 12.4 Å². The van der Waals surface area contributed by atoms with Crippen LogP contribution in [0.5, 0.6) is 17.2 Å². The summed E-state index contributed by atoms with van der Waals surface area (Å²) >= 11 is 0. The molecule has 0 saturated carbocycles. The number of para-hydroxylation sites is 1. The first-order valence-corrected chi connectivity index (χ1v) is 7.48. The number of halogens is 1. The minimum Gasteiger partial charge on any atom is -0.493 e. The molecule has 2 rings (SSSR count). The third-order valence-electron chi connectivity index (χ3n) is 3.56. The zero-order valence-corrected chi connectivity index (χ0v) is 15.5. The van der Waals surface area contributed by atoms with E-state index in [1.165, 1.54) is 21.3 Å². The van der Waals surface area contributed by atoms with Gasteiger partial charge in [0.15, 0.2) is 11.5 Å². The molecule has 2 aromatic rings. The topological polar surface area (TPSA) is 68.8 Å². The summed E-state index contributed by atoms with van der Waals surface area (Å²) < 4.78 is 15.8. The fourth-order valence-corrected chi connectivity index (χ4v) is 2.39. The molecule has 7 heteroatoms. The Morgan fingerprint density at radius 2 is 1.60 bits per heavy atom. The van der Waals surface area contributed by atoms with Crippen molar-refractivity contribution in [2.75, 3.05) is 33.7 Å². The Hall–Kier alpha value is -2.44. The lowest BCUT2D eigenvalue weighted by Gasteiger charge is -2.15. The Balaban J connectivity index is 0.00000312. The molecule has 0 aliphatic heterocycles. The van der Waals surface area contributed by atoms with Crippen molar-refractivity contribution >= 4 is 24.0 Å². The second kappa shape index (κ2) is 9.76. The van der Waals surface area contributed by atoms with Gasteiger partial charge in [-0.15, -0.1) is 12.4 Å². The predicted octanol–water partition coefficient (Wildman–Crippen LogP) is 3.11. The Bertz CT molecular complexity index is 697. The van der Waals surface area contributed by atoms with Crippen molar-refractivity contribution in [3.63, 3.8) is 0 Å². The van der Waals surface area contributed by atoms with Gasteiger partial charge in [0.05, 0.1) is 21.3 Å². The maximum absolute atomic E-state index is 12.6. The second-order valence-corrected chi connectivity index (χ2v) is 5.06. The van der Waals surface area contributed by atoms with Crippen molar-refractivity contribution in [2.45, 2.75) is 6.54 Å². The van der Waals surface area contributed by atoms with Gasteiger partial charge >= 0.3 is 0 Å². The van der Waals surface area contributed by atoms with E-state index in [-0.39, 0.29) is 18.3 Å². The van der Waals surface area contributed by atoms with Crippen molar-refractivity contribution in [3.05, 3.63) is 47.5 Å². The summed E-state index contributed by atoms with van der Waals surface area (Å²) in [6.07, 6.45) is 0. The van der Waals surface area contributed by atoms with E-state index >= 15 is 0 Å². The Kier molecular flexibility index (Phi) is 8.04. The Morgan fingerprint density at radius 1 is 1.00 bits per heavy atom. The van der Waals surface area contributed by atoms with Gasteiger partial charge in [-0.2, -0.15) is 0 Å². The van der Waals surface area contributed by atoms with Gasteiger partial charge in [-0.25, -0.2) is 0 Å². The maximum atomic E-state index is 12.6. The van der Waals surface area contributed by atoms with Gasteiger partial charge in [-0.3, -0.25) is 4.79 Å². The predicted molar refractivity (Wildman–Crippen MR) is 101 cm³/mol. The van der Waals surface area contributed by atoms with Gasteiger partial charge in [0.2, 0.25) is 5.75 Å². The highest BCUT2D eigenvalue weighted by Gasteiger charge is 2.17. The average Bonchev–Trinajstić information content (AvgIpc) is 2.62. The lowest BCUT2D eigenvalue weighted by molar-refractivity contribution is 0.102. The number of carbonyl (C=O) groups excluding carboxylic acids is 1. The van der Waals surface area contributed by atoms with Crippen LogP contribution in [0.25, 0.3) is 0 Å². The molecular formula is C18H23ClN2O4. The van der Waals surface area contributed by atoms with E-state index < -0.39 is 0 Å². The molecule has 6 nitrogen and oxygen atoms in total. The summed E-state index contributed by atoms with van der Waals surface area (Å²) in [5.41, 5.74) is 2.18. The zero-order chi connectivity index (χ0) is 17.5. The number of nitrogens with one attached hydrogen (secondary N) is 2. The number of hydrogen-bond donors (Lipinski definition) is 2. The van der Waals surface area contributed by atoms with E-state index in [4.69, 9.17) is 14.2 Å². The number of ether oxygens (including phenoxy) is 3. The fourth-order valence-electron chi connectivity index (χ4n) is 2.39. The summed E-state index contributed by atoms with van der Waals surface area (Å²) in [6.45, 7) is 0.658. The first kappa shape index (κ1) is 20.6. The molecule has 136 valence electrons. The van der Waals surface area contributed by atoms with Crippen molar-refractivity contribution < 1.29 is 19.0 Å². The van der Waals surface area contributed by atoms with Crippen LogP contribution in [-0.2, 0) is 6.54 Å². The van der Waals surface area contributed by atoms with Gasteiger partial charge in [-0.05, 0) is 30.8 Å². The molecule has 0 aromatic heterocycles. The van der Waals surface area contributed by atoms with Crippen LogP contribution in [0.2, 0.25) is 0 Å². The minimum absolute atomic E-state index is 0. The molecule has 0 aliphatic carbocycles. The third kappa shape index (κ3) is 4.78. The number of rotatable bonds is 7. The van der Waals surface area contributed by atoms with Gasteiger partial charge in [0, 0.05) is 17.8 Å². The van der Waals surface area contributed by atoms with Crippen LogP contribution in [0.4, 0.5) is 5.69 Å². The van der Waals surface area contributed by atoms with E-state index in [1.807, 2.05) is 31.3 Å². The normalized spacial score (nSPS) is 9.76. The number of hydrogen-bond acceptors (Lipinski definition) is 5. The van der Waals surface area contributed by atoms with Crippen molar-refractivity contribution in [1.29, 1.82) is 0 Å². The van der Waals surface area contributed by atoms with Gasteiger partial charge in [0.25, 0.3) is 5.91 Å². The molecular weight excluding hydrogens is 344 g/mol. The molecule has 1 amide bonds. The van der Waals surface area contributed by atoms with Crippen LogP contribution in [0.1, 0.15) is 15.9 Å². The number of amides is 1. The summed E-state index contributed by atoms with van der Waals surface area (Å²) in [6, 6.07) is 10.9. The molecule has 0 saturated heterocycles. The smallest absolute Gasteiger partial charge is 0.255 e. The standard InChI is InChI=1S/C18H22N2O4.ClH/c1-19-11-12-7-5-6-8-14(12)20-18(21)13-9-15(22-2)17(24-4)16(10-13)23-3;/h5-10,19H,11H2,1-4H3,(H,20,21);1H. The number of carbonyl (C=O) groups is 1. The van der Waals surface area contributed by atoms with E-state index in [0.29, 0.717) is 29.4 Å². The fraction of sp³-hybridized carbons (Fsp3) is 0.278. The SMILES string of the molecule is CNCc1ccccc1NC(=O)c1cc(OC)c(OC)c(OC)c1.Cl. The minimum atomic E-state index is -0.252. The lowest BCUT2D eigenvalue weighted by atomic mass is 10.1. The monoisotopic (exact) mass is 366 g/mol. The number of benzene rings is 2. The van der Waals surface area contributed by atoms with E-state index in [2.05, 4.69) is 10.6 Å². The van der Waals surface area contributed by atoms with E-state index in [9.17, 15) is 4.79 Å². The molecule has 0 unspecified atom stereocenters. The highest BCUT2D eigenvalue weighted by molar-refractivity contribution is 6.05. The molecule has 25 heavy (non-hydrogen) atoms. The van der Waals surface area contributed by atoms with Crippen molar-refractivity contribution in [2.24, 2.45) is 0 Å². The van der Waals surface area contributed by atoms with Crippen LogP contribution in [0.15, 0.2) is 36.4 Å². The summed E-state index contributed by atoms with van der Waals surface area (Å²) in [5.74, 6) is 1.07. The van der Waals surface area contributed by atoms with E-state index in [1.54, 1.807) is 12.1 Å². The largest absolute Gasteiger partial charge is 0.493 e. The van der Waals surface area contributed by atoms with Crippen LogP contribution in [-0.4, -0.2) is 34.3 Å². The summed E-state index contributed by atoms with van der Waals surface area (Å²) in [7, 11) is 6.41. The van der Waals surface area contributed by atoms with Crippen molar-refractivity contribution in [3.8, 4) is 17.2 Å². The second-order valence-electron chi connectivity index (χ2n) is 5.06. The molecule has 2 aromatic carbocycles. The van der Waals surface area contributed by atoms with Crippen LogP contribution in [0, 0.1) is 0 Å². The summed E-state index contributed by atoms with van der Waals surface area (Å²) in [4.78, 5) is 12.6. The Morgan fingerprint density at radius 3 is 2.12 bits per heavy atom. The zero-order valence-electron chi connectivity index (χ0n) is 14.7. The van der Waals surface area contributed by atoms with Crippen molar-refractivity contribution in [1.82, 2.24) is 5.32 Å². The average molecular weight is 367 g/mol. The third-order valence-corrected chi connectivity index (χ3v) is 3.56. The maximum Gasteiger partial charge on any atom is 0.255 e. The molecule has 0 atom stereocenters. The molecule has 0 bridgehead atoms. The molecule has 0 spiro atoms. The van der Waals surface area contributed by atoms with Gasteiger partial charge in [-0.1, -0.05) is 18.2 Å². The van der Waals surface area contributed by atoms with Crippen LogP contribution in [0.3, 0.4) is 0 Å². The number of methoxy groups -OCH3 is 3. The molecule has 0 aliphatic rings. The lowest BCUT2D eigenvalue weighted by Crippen LogP contribution is -2.15. The first-order chi connectivity index (χ1) is 11.6. The quantitative estimate of drug-likeness (QED) is 0.788. The highest BCUT2D eigenvalue weighted by atomic mass is 35.5.